The number of methoxy groups -OCH3 is 1. The van der Waals surface area contributed by atoms with Gasteiger partial charge in [0.2, 0.25) is 0 Å². The van der Waals surface area contributed by atoms with Gasteiger partial charge in [-0.15, -0.1) is 0 Å². The average Bonchev–Trinajstić information content (AvgIpc) is 3.03. The van der Waals surface area contributed by atoms with Gasteiger partial charge in [0, 0.05) is 23.0 Å². The molecule has 4 rings (SSSR count). The highest BCUT2D eigenvalue weighted by Gasteiger charge is 2.23. The Balaban J connectivity index is 1.96. The zero-order chi connectivity index (χ0) is 19.7. The Morgan fingerprint density at radius 1 is 1.00 bits per heavy atom. The van der Waals surface area contributed by atoms with Gasteiger partial charge in [0.15, 0.2) is 0 Å². The van der Waals surface area contributed by atoms with Crippen LogP contribution < -0.4 is 4.74 Å². The van der Waals surface area contributed by atoms with Crippen LogP contribution >= 0.6 is 0 Å². The SMILES string of the molecule is COc1ccc(-c2c(C(=O)O)n(Cc3cccc(O)c3)c3ccccc23)cc1. The van der Waals surface area contributed by atoms with Crippen molar-refractivity contribution < 1.29 is 19.7 Å². The molecule has 0 fully saturated rings. The minimum Gasteiger partial charge on any atom is -0.508 e. The monoisotopic (exact) mass is 373 g/mol. The Labute approximate surface area is 162 Å². The summed E-state index contributed by atoms with van der Waals surface area (Å²) in [7, 11) is 1.60. The number of carbonyl (C=O) groups is 1. The molecule has 0 spiro atoms. The number of benzene rings is 3. The van der Waals surface area contributed by atoms with E-state index >= 15 is 0 Å². The fraction of sp³-hybridized carbons (Fsp3) is 0.0870. The van der Waals surface area contributed by atoms with Gasteiger partial charge < -0.3 is 19.5 Å². The number of carboxylic acid groups (broad SMARTS) is 1. The van der Waals surface area contributed by atoms with Gasteiger partial charge in [-0.1, -0.05) is 42.5 Å². The van der Waals surface area contributed by atoms with Gasteiger partial charge in [0.1, 0.15) is 17.2 Å². The first-order chi connectivity index (χ1) is 13.6. The first-order valence-electron chi connectivity index (χ1n) is 8.85. The fourth-order valence-electron chi connectivity index (χ4n) is 3.58. The lowest BCUT2D eigenvalue weighted by molar-refractivity contribution is 0.0687. The molecule has 2 N–H and O–H groups in total. The summed E-state index contributed by atoms with van der Waals surface area (Å²) in [6, 6.07) is 21.9. The second kappa shape index (κ2) is 7.12. The largest absolute Gasteiger partial charge is 0.508 e. The lowest BCUT2D eigenvalue weighted by Gasteiger charge is -2.10. The lowest BCUT2D eigenvalue weighted by Crippen LogP contribution is -2.10. The van der Waals surface area contributed by atoms with Crippen molar-refractivity contribution in [3.05, 3.63) is 84.1 Å². The molecule has 0 saturated heterocycles. The van der Waals surface area contributed by atoms with Crippen LogP contribution in [0.1, 0.15) is 16.1 Å². The second-order valence-corrected chi connectivity index (χ2v) is 6.53. The fourth-order valence-corrected chi connectivity index (χ4v) is 3.58. The Morgan fingerprint density at radius 2 is 1.75 bits per heavy atom. The number of phenolic OH excluding ortho intramolecular Hbond substituents is 1. The van der Waals surface area contributed by atoms with Crippen molar-refractivity contribution in [1.29, 1.82) is 0 Å². The van der Waals surface area contributed by atoms with E-state index in [9.17, 15) is 15.0 Å². The molecule has 1 heterocycles. The molecule has 28 heavy (non-hydrogen) atoms. The van der Waals surface area contributed by atoms with Crippen LogP contribution in [0.2, 0.25) is 0 Å². The van der Waals surface area contributed by atoms with Crippen LogP contribution in [0, 0.1) is 0 Å². The maximum atomic E-state index is 12.3. The molecule has 0 atom stereocenters. The van der Waals surface area contributed by atoms with Gasteiger partial charge in [0.25, 0.3) is 0 Å². The molecule has 140 valence electrons. The van der Waals surface area contributed by atoms with E-state index in [1.807, 2.05) is 54.6 Å². The third-order valence-electron chi connectivity index (χ3n) is 4.80. The normalized spacial score (nSPS) is 10.9. The summed E-state index contributed by atoms with van der Waals surface area (Å²) >= 11 is 0. The summed E-state index contributed by atoms with van der Waals surface area (Å²) in [5.41, 5.74) is 3.35. The first kappa shape index (κ1) is 17.7. The third-order valence-corrected chi connectivity index (χ3v) is 4.80. The van der Waals surface area contributed by atoms with Gasteiger partial charge in [-0.25, -0.2) is 4.79 Å². The number of hydrogen-bond donors (Lipinski definition) is 2. The molecule has 0 radical (unpaired) electrons. The molecule has 0 unspecified atom stereocenters. The summed E-state index contributed by atoms with van der Waals surface area (Å²) in [5, 5.41) is 20.7. The summed E-state index contributed by atoms with van der Waals surface area (Å²) in [5.74, 6) is -0.132. The number of phenols is 1. The van der Waals surface area contributed by atoms with Crippen molar-refractivity contribution in [2.75, 3.05) is 7.11 Å². The molecule has 0 aliphatic carbocycles. The van der Waals surface area contributed by atoms with Crippen molar-refractivity contribution in [2.24, 2.45) is 0 Å². The lowest BCUT2D eigenvalue weighted by atomic mass is 10.0. The van der Waals surface area contributed by atoms with Crippen molar-refractivity contribution >= 4 is 16.9 Å². The van der Waals surface area contributed by atoms with E-state index in [0.29, 0.717) is 17.9 Å². The van der Waals surface area contributed by atoms with Gasteiger partial charge in [-0.2, -0.15) is 0 Å². The van der Waals surface area contributed by atoms with Crippen molar-refractivity contribution in [3.63, 3.8) is 0 Å². The number of aromatic hydroxyl groups is 1. The first-order valence-corrected chi connectivity index (χ1v) is 8.85. The molecule has 5 nitrogen and oxygen atoms in total. The molecule has 4 aromatic rings. The minimum atomic E-state index is -0.998. The predicted molar refractivity (Wildman–Crippen MR) is 108 cm³/mol. The van der Waals surface area contributed by atoms with Crippen LogP contribution in [-0.4, -0.2) is 27.9 Å². The highest BCUT2D eigenvalue weighted by Crippen LogP contribution is 2.36. The van der Waals surface area contributed by atoms with E-state index in [4.69, 9.17) is 4.74 Å². The number of rotatable bonds is 5. The second-order valence-electron chi connectivity index (χ2n) is 6.53. The zero-order valence-electron chi connectivity index (χ0n) is 15.3. The smallest absolute Gasteiger partial charge is 0.353 e. The Kier molecular flexibility index (Phi) is 4.49. The molecule has 0 amide bonds. The number of fused-ring (bicyclic) bond motifs is 1. The maximum absolute atomic E-state index is 12.3. The highest BCUT2D eigenvalue weighted by atomic mass is 16.5. The van der Waals surface area contributed by atoms with E-state index in [0.717, 1.165) is 22.0 Å². The predicted octanol–water partition coefficient (Wildman–Crippen LogP) is 4.77. The Morgan fingerprint density at radius 3 is 2.43 bits per heavy atom. The topological polar surface area (TPSA) is 71.7 Å². The van der Waals surface area contributed by atoms with Gasteiger partial charge in [-0.3, -0.25) is 0 Å². The zero-order valence-corrected chi connectivity index (χ0v) is 15.3. The van der Waals surface area contributed by atoms with Gasteiger partial charge in [0.05, 0.1) is 7.11 Å². The van der Waals surface area contributed by atoms with Gasteiger partial charge >= 0.3 is 5.97 Å². The Bertz CT molecular complexity index is 1160. The standard InChI is InChI=1S/C23H19NO4/c1-28-18-11-9-16(10-12-18)21-19-7-2-3-8-20(19)24(22(21)23(26)27)14-15-5-4-6-17(25)13-15/h2-13,25H,14H2,1H3,(H,26,27). The average molecular weight is 373 g/mol. The van der Waals surface area contributed by atoms with E-state index in [1.165, 1.54) is 0 Å². The van der Waals surface area contributed by atoms with Crippen LogP contribution in [0.3, 0.4) is 0 Å². The summed E-state index contributed by atoms with van der Waals surface area (Å²) in [4.78, 5) is 12.3. The number of aromatic carboxylic acids is 1. The molecule has 0 aliphatic rings. The third kappa shape index (κ3) is 3.07. The number of hydrogen-bond acceptors (Lipinski definition) is 3. The van der Waals surface area contributed by atoms with E-state index < -0.39 is 5.97 Å². The summed E-state index contributed by atoms with van der Waals surface area (Å²) in [6.07, 6.45) is 0. The summed E-state index contributed by atoms with van der Waals surface area (Å²) in [6.45, 7) is 0.340. The number of ether oxygens (including phenoxy) is 1. The molecule has 3 aromatic carbocycles. The van der Waals surface area contributed by atoms with Crippen LogP contribution in [0.4, 0.5) is 0 Å². The maximum Gasteiger partial charge on any atom is 0.353 e. The summed E-state index contributed by atoms with van der Waals surface area (Å²) < 4.78 is 7.00. The molecular formula is C23H19NO4. The van der Waals surface area contributed by atoms with Crippen molar-refractivity contribution in [3.8, 4) is 22.6 Å². The minimum absolute atomic E-state index is 0.154. The van der Waals surface area contributed by atoms with E-state index in [1.54, 1.807) is 29.9 Å². The number of aromatic nitrogens is 1. The molecule has 5 heteroatoms. The molecule has 0 bridgehead atoms. The number of carboxylic acids is 1. The Hall–Kier alpha value is -3.73. The molecule has 1 aromatic heterocycles. The molecule has 0 aliphatic heterocycles. The highest BCUT2D eigenvalue weighted by molar-refractivity contribution is 6.08. The quantitative estimate of drug-likeness (QED) is 0.529. The van der Waals surface area contributed by atoms with E-state index in [2.05, 4.69) is 0 Å². The van der Waals surface area contributed by atoms with Crippen LogP contribution in [0.15, 0.2) is 72.8 Å². The van der Waals surface area contributed by atoms with Gasteiger partial charge in [-0.05, 0) is 41.5 Å². The van der Waals surface area contributed by atoms with Crippen molar-refractivity contribution in [2.45, 2.75) is 6.54 Å². The van der Waals surface area contributed by atoms with Crippen LogP contribution in [0.25, 0.3) is 22.0 Å². The number of nitrogens with zero attached hydrogens (tertiary/aromatic N) is 1. The molecule has 0 saturated carbocycles. The number of para-hydroxylation sites is 1. The molecular weight excluding hydrogens is 354 g/mol. The van der Waals surface area contributed by atoms with E-state index in [-0.39, 0.29) is 11.4 Å². The van der Waals surface area contributed by atoms with Crippen LogP contribution in [-0.2, 0) is 6.54 Å². The van der Waals surface area contributed by atoms with Crippen LogP contribution in [0.5, 0.6) is 11.5 Å². The van der Waals surface area contributed by atoms with Crippen molar-refractivity contribution in [1.82, 2.24) is 4.57 Å².